The van der Waals surface area contributed by atoms with Crippen LogP contribution in [-0.4, -0.2) is 17.5 Å². The molecule has 0 aliphatic carbocycles. The van der Waals surface area contributed by atoms with Crippen molar-refractivity contribution in [2.45, 2.75) is 18.9 Å². The highest BCUT2D eigenvalue weighted by molar-refractivity contribution is 6.31. The predicted molar refractivity (Wildman–Crippen MR) is 89.1 cm³/mol. The van der Waals surface area contributed by atoms with Gasteiger partial charge in [0.05, 0.1) is 5.56 Å². The molecule has 1 unspecified atom stereocenters. The lowest BCUT2D eigenvalue weighted by Crippen LogP contribution is -2.48. The second kappa shape index (κ2) is 5.87. The van der Waals surface area contributed by atoms with Crippen LogP contribution < -0.4 is 5.32 Å². The SMILES string of the molecule is CC1(C(=O)Nc2cccc(Cl)c2)Cc2cc(Cl)ccc2C(=O)O1. The Morgan fingerprint density at radius 3 is 2.65 bits per heavy atom. The van der Waals surface area contributed by atoms with E-state index in [0.717, 1.165) is 0 Å². The zero-order valence-corrected chi connectivity index (χ0v) is 13.7. The lowest BCUT2D eigenvalue weighted by atomic mass is 9.89. The molecular formula is C17H13Cl2NO3. The number of hydrogen-bond donors (Lipinski definition) is 1. The first kappa shape index (κ1) is 15.8. The number of ether oxygens (including phenoxy) is 1. The van der Waals surface area contributed by atoms with Crippen LogP contribution in [0, 0.1) is 0 Å². The lowest BCUT2D eigenvalue weighted by Gasteiger charge is -2.33. The molecule has 4 nitrogen and oxygen atoms in total. The monoisotopic (exact) mass is 349 g/mol. The summed E-state index contributed by atoms with van der Waals surface area (Å²) in [7, 11) is 0. The van der Waals surface area contributed by atoms with Gasteiger partial charge in [-0.05, 0) is 48.9 Å². The highest BCUT2D eigenvalue weighted by Crippen LogP contribution is 2.31. The van der Waals surface area contributed by atoms with Crippen LogP contribution in [0.15, 0.2) is 42.5 Å². The molecule has 1 heterocycles. The van der Waals surface area contributed by atoms with Gasteiger partial charge in [0.15, 0.2) is 5.60 Å². The quantitative estimate of drug-likeness (QED) is 0.830. The molecule has 0 saturated heterocycles. The number of cyclic esters (lactones) is 1. The van der Waals surface area contributed by atoms with E-state index < -0.39 is 17.5 Å². The Morgan fingerprint density at radius 1 is 1.17 bits per heavy atom. The first-order valence-corrected chi connectivity index (χ1v) is 7.72. The number of benzene rings is 2. The van der Waals surface area contributed by atoms with Gasteiger partial charge < -0.3 is 10.1 Å². The Hall–Kier alpha value is -2.04. The molecule has 1 amide bonds. The molecule has 1 atom stereocenters. The van der Waals surface area contributed by atoms with E-state index in [2.05, 4.69) is 5.32 Å². The maximum absolute atomic E-state index is 12.6. The number of nitrogens with one attached hydrogen (secondary N) is 1. The molecule has 0 radical (unpaired) electrons. The largest absolute Gasteiger partial charge is 0.445 e. The Balaban J connectivity index is 1.87. The summed E-state index contributed by atoms with van der Waals surface area (Å²) >= 11 is 11.9. The molecule has 0 spiro atoms. The smallest absolute Gasteiger partial charge is 0.339 e. The zero-order valence-electron chi connectivity index (χ0n) is 12.2. The van der Waals surface area contributed by atoms with Crippen LogP contribution in [0.2, 0.25) is 10.0 Å². The topological polar surface area (TPSA) is 55.4 Å². The molecule has 1 aliphatic rings. The third-order valence-corrected chi connectivity index (χ3v) is 4.17. The van der Waals surface area contributed by atoms with E-state index >= 15 is 0 Å². The molecule has 1 aliphatic heterocycles. The van der Waals surface area contributed by atoms with Crippen LogP contribution in [0.1, 0.15) is 22.8 Å². The van der Waals surface area contributed by atoms with Gasteiger partial charge in [-0.2, -0.15) is 0 Å². The third-order valence-electron chi connectivity index (χ3n) is 3.70. The fourth-order valence-electron chi connectivity index (χ4n) is 2.52. The van der Waals surface area contributed by atoms with Crippen molar-refractivity contribution in [3.05, 3.63) is 63.6 Å². The minimum Gasteiger partial charge on any atom is -0.445 e. The van der Waals surface area contributed by atoms with E-state index in [1.807, 2.05) is 0 Å². The molecule has 0 saturated carbocycles. The predicted octanol–water partition coefficient (Wildman–Crippen LogP) is 4.10. The van der Waals surface area contributed by atoms with Gasteiger partial charge in [0.2, 0.25) is 0 Å². The van der Waals surface area contributed by atoms with Crippen molar-refractivity contribution in [3.8, 4) is 0 Å². The first-order valence-electron chi connectivity index (χ1n) is 6.96. The number of carbonyl (C=O) groups excluding carboxylic acids is 2. The van der Waals surface area contributed by atoms with Gasteiger partial charge in [0.25, 0.3) is 5.91 Å². The van der Waals surface area contributed by atoms with Gasteiger partial charge >= 0.3 is 5.97 Å². The van der Waals surface area contributed by atoms with Crippen LogP contribution in [0.25, 0.3) is 0 Å². The van der Waals surface area contributed by atoms with Crippen LogP contribution in [0.5, 0.6) is 0 Å². The number of amides is 1. The van der Waals surface area contributed by atoms with Crippen molar-refractivity contribution in [3.63, 3.8) is 0 Å². The number of halogens is 2. The number of esters is 1. The molecule has 6 heteroatoms. The molecule has 2 aromatic rings. The van der Waals surface area contributed by atoms with E-state index in [1.165, 1.54) is 0 Å². The summed E-state index contributed by atoms with van der Waals surface area (Å²) in [6.07, 6.45) is 0.251. The van der Waals surface area contributed by atoms with Crippen molar-refractivity contribution in [1.82, 2.24) is 0 Å². The summed E-state index contributed by atoms with van der Waals surface area (Å²) < 4.78 is 5.38. The standard InChI is InChI=1S/C17H13Cl2NO3/c1-17(16(22)20-13-4-2-3-11(18)8-13)9-10-7-12(19)5-6-14(10)15(21)23-17/h2-8H,9H2,1H3,(H,20,22). The van der Waals surface area contributed by atoms with Crippen molar-refractivity contribution >= 4 is 40.8 Å². The Morgan fingerprint density at radius 2 is 1.91 bits per heavy atom. The molecule has 0 bridgehead atoms. The minimum atomic E-state index is -1.31. The molecular weight excluding hydrogens is 337 g/mol. The van der Waals surface area contributed by atoms with Gasteiger partial charge in [-0.15, -0.1) is 0 Å². The van der Waals surface area contributed by atoms with Gasteiger partial charge in [0.1, 0.15) is 0 Å². The van der Waals surface area contributed by atoms with E-state index in [-0.39, 0.29) is 6.42 Å². The van der Waals surface area contributed by atoms with Crippen LogP contribution in [0.4, 0.5) is 5.69 Å². The van der Waals surface area contributed by atoms with Gasteiger partial charge in [-0.3, -0.25) is 4.79 Å². The summed E-state index contributed by atoms with van der Waals surface area (Å²) in [6.45, 7) is 1.58. The van der Waals surface area contributed by atoms with Crippen LogP contribution >= 0.6 is 23.2 Å². The molecule has 0 aromatic heterocycles. The molecule has 0 fully saturated rings. The minimum absolute atomic E-state index is 0.251. The van der Waals surface area contributed by atoms with E-state index in [4.69, 9.17) is 27.9 Å². The average Bonchev–Trinajstić information content (AvgIpc) is 2.46. The first-order chi connectivity index (χ1) is 10.9. The number of carbonyl (C=O) groups is 2. The Bertz CT molecular complexity index is 806. The molecule has 1 N–H and O–H groups in total. The lowest BCUT2D eigenvalue weighted by molar-refractivity contribution is -0.134. The second-order valence-corrected chi connectivity index (χ2v) is 6.44. The molecule has 3 rings (SSSR count). The normalized spacial score (nSPS) is 19.7. The molecule has 2 aromatic carbocycles. The molecule has 118 valence electrons. The zero-order chi connectivity index (χ0) is 16.6. The third kappa shape index (κ3) is 3.19. The van der Waals surface area contributed by atoms with Crippen molar-refractivity contribution in [2.24, 2.45) is 0 Å². The Kier molecular flexibility index (Phi) is 4.04. The highest BCUT2D eigenvalue weighted by Gasteiger charge is 2.42. The summed E-state index contributed by atoms with van der Waals surface area (Å²) in [5.74, 6) is -0.953. The van der Waals surface area contributed by atoms with Crippen LogP contribution in [-0.2, 0) is 16.0 Å². The maximum atomic E-state index is 12.6. The number of fused-ring (bicyclic) bond motifs is 1. The van der Waals surface area contributed by atoms with E-state index in [1.54, 1.807) is 49.4 Å². The fourth-order valence-corrected chi connectivity index (χ4v) is 2.91. The van der Waals surface area contributed by atoms with Gasteiger partial charge in [-0.25, -0.2) is 4.79 Å². The number of anilines is 1. The maximum Gasteiger partial charge on any atom is 0.339 e. The van der Waals surface area contributed by atoms with Crippen LogP contribution in [0.3, 0.4) is 0 Å². The summed E-state index contributed by atoms with van der Waals surface area (Å²) in [5, 5.41) is 3.74. The summed E-state index contributed by atoms with van der Waals surface area (Å²) in [5.41, 5.74) is 0.355. The van der Waals surface area contributed by atoms with Crippen molar-refractivity contribution in [1.29, 1.82) is 0 Å². The number of rotatable bonds is 2. The second-order valence-electron chi connectivity index (χ2n) is 5.56. The fraction of sp³-hybridized carbons (Fsp3) is 0.176. The van der Waals surface area contributed by atoms with Gasteiger partial charge in [-0.1, -0.05) is 29.3 Å². The Labute approximate surface area is 143 Å². The average molecular weight is 350 g/mol. The van der Waals surface area contributed by atoms with E-state index in [9.17, 15) is 9.59 Å². The summed E-state index contributed by atoms with van der Waals surface area (Å²) in [6, 6.07) is 11.7. The summed E-state index contributed by atoms with van der Waals surface area (Å²) in [4.78, 5) is 24.7. The van der Waals surface area contributed by atoms with Crippen molar-refractivity contribution in [2.75, 3.05) is 5.32 Å². The number of hydrogen-bond acceptors (Lipinski definition) is 3. The van der Waals surface area contributed by atoms with Crippen molar-refractivity contribution < 1.29 is 14.3 Å². The molecule has 23 heavy (non-hydrogen) atoms. The van der Waals surface area contributed by atoms with E-state index in [0.29, 0.717) is 26.9 Å². The van der Waals surface area contributed by atoms with Gasteiger partial charge in [0, 0.05) is 22.2 Å². The highest BCUT2D eigenvalue weighted by atomic mass is 35.5.